The van der Waals surface area contributed by atoms with Gasteiger partial charge in [-0.05, 0) is 34.0 Å². The van der Waals surface area contributed by atoms with Crippen LogP contribution >= 0.6 is 15.9 Å². The van der Waals surface area contributed by atoms with Gasteiger partial charge in [0.05, 0.1) is 11.8 Å². The number of halogens is 1. The monoisotopic (exact) mass is 250 g/mol. The van der Waals surface area contributed by atoms with Crippen LogP contribution in [0.3, 0.4) is 0 Å². The molecule has 1 atom stereocenters. The van der Waals surface area contributed by atoms with Crippen LogP contribution in [0.2, 0.25) is 0 Å². The van der Waals surface area contributed by atoms with Crippen molar-refractivity contribution in [3.05, 3.63) is 28.2 Å². The van der Waals surface area contributed by atoms with E-state index in [1.54, 1.807) is 0 Å². The molecule has 0 saturated carbocycles. The molecule has 14 heavy (non-hydrogen) atoms. The van der Waals surface area contributed by atoms with Crippen LogP contribution in [0, 0.1) is 11.3 Å². The predicted molar refractivity (Wildman–Crippen MR) is 60.2 cm³/mol. The number of nitriles is 1. The Bertz CT molecular complexity index is 381. The lowest BCUT2D eigenvalue weighted by molar-refractivity contribution is 0.640. The number of fused-ring (bicyclic) bond motifs is 1. The number of hydrogen-bond acceptors (Lipinski definition) is 2. The molecule has 0 aliphatic carbocycles. The minimum atomic E-state index is 0.397. The molecule has 1 N–H and O–H groups in total. The third kappa shape index (κ3) is 1.62. The summed E-state index contributed by atoms with van der Waals surface area (Å²) in [6.45, 7) is 0.960. The topological polar surface area (TPSA) is 35.8 Å². The van der Waals surface area contributed by atoms with Crippen molar-refractivity contribution in [3.8, 4) is 6.07 Å². The highest BCUT2D eigenvalue weighted by molar-refractivity contribution is 9.10. The molecule has 1 aliphatic rings. The summed E-state index contributed by atoms with van der Waals surface area (Å²) in [6, 6.07) is 8.42. The Balaban J connectivity index is 2.40. The van der Waals surface area contributed by atoms with E-state index in [1.165, 1.54) is 11.3 Å². The van der Waals surface area contributed by atoms with Gasteiger partial charge >= 0.3 is 0 Å². The van der Waals surface area contributed by atoms with E-state index in [0.717, 1.165) is 17.4 Å². The van der Waals surface area contributed by atoms with Crippen molar-refractivity contribution in [1.82, 2.24) is 0 Å². The second-order valence-electron chi connectivity index (χ2n) is 3.48. The van der Waals surface area contributed by atoms with Crippen LogP contribution in [0.25, 0.3) is 0 Å². The van der Waals surface area contributed by atoms with E-state index in [4.69, 9.17) is 5.26 Å². The van der Waals surface area contributed by atoms with E-state index >= 15 is 0 Å². The first-order chi connectivity index (χ1) is 6.83. The van der Waals surface area contributed by atoms with Crippen LogP contribution in [-0.4, -0.2) is 6.54 Å². The van der Waals surface area contributed by atoms with Gasteiger partial charge in [0, 0.05) is 23.4 Å². The van der Waals surface area contributed by atoms with Crippen LogP contribution in [0.5, 0.6) is 0 Å². The molecule has 1 aromatic carbocycles. The summed E-state index contributed by atoms with van der Waals surface area (Å²) in [5, 5.41) is 12.1. The summed E-state index contributed by atoms with van der Waals surface area (Å²) in [5.41, 5.74) is 2.44. The fourth-order valence-corrected chi connectivity index (χ4v) is 2.44. The lowest BCUT2D eigenvalue weighted by atomic mass is 9.89. The molecule has 3 heteroatoms. The summed E-state index contributed by atoms with van der Waals surface area (Å²) in [5.74, 6) is 0.397. The average molecular weight is 251 g/mol. The van der Waals surface area contributed by atoms with Crippen molar-refractivity contribution in [2.45, 2.75) is 18.8 Å². The maximum Gasteiger partial charge on any atom is 0.0628 e. The van der Waals surface area contributed by atoms with E-state index in [9.17, 15) is 0 Å². The van der Waals surface area contributed by atoms with Gasteiger partial charge in [-0.2, -0.15) is 5.26 Å². The Labute approximate surface area is 92.1 Å². The molecule has 0 saturated heterocycles. The molecule has 1 unspecified atom stereocenters. The van der Waals surface area contributed by atoms with Crippen molar-refractivity contribution in [3.63, 3.8) is 0 Å². The number of anilines is 1. The molecule has 2 nitrogen and oxygen atoms in total. The number of para-hydroxylation sites is 1. The van der Waals surface area contributed by atoms with E-state index in [1.807, 2.05) is 12.1 Å². The van der Waals surface area contributed by atoms with Gasteiger partial charge in [-0.3, -0.25) is 0 Å². The molecule has 1 heterocycles. The molecule has 0 spiro atoms. The van der Waals surface area contributed by atoms with Crippen molar-refractivity contribution in [2.24, 2.45) is 0 Å². The molecule has 72 valence electrons. The quantitative estimate of drug-likeness (QED) is 0.831. The van der Waals surface area contributed by atoms with E-state index in [-0.39, 0.29) is 0 Å². The van der Waals surface area contributed by atoms with Crippen molar-refractivity contribution in [1.29, 1.82) is 5.26 Å². The molecule has 1 aromatic rings. The largest absolute Gasteiger partial charge is 0.384 e. The maximum absolute atomic E-state index is 8.73. The Morgan fingerprint density at radius 2 is 2.43 bits per heavy atom. The van der Waals surface area contributed by atoms with Gasteiger partial charge in [0.15, 0.2) is 0 Å². The van der Waals surface area contributed by atoms with Crippen molar-refractivity contribution < 1.29 is 0 Å². The number of nitrogens with one attached hydrogen (secondary N) is 1. The average Bonchev–Trinajstić information content (AvgIpc) is 2.20. The lowest BCUT2D eigenvalue weighted by Crippen LogP contribution is -2.16. The molecule has 0 bridgehead atoms. The number of benzene rings is 1. The summed E-state index contributed by atoms with van der Waals surface area (Å²) in [6.07, 6.45) is 1.67. The minimum absolute atomic E-state index is 0.397. The van der Waals surface area contributed by atoms with Gasteiger partial charge in [-0.15, -0.1) is 0 Å². The number of hydrogen-bond donors (Lipinski definition) is 1. The minimum Gasteiger partial charge on any atom is -0.384 e. The first-order valence-corrected chi connectivity index (χ1v) is 5.51. The summed E-state index contributed by atoms with van der Waals surface area (Å²) < 4.78 is 1.10. The summed E-state index contributed by atoms with van der Waals surface area (Å²) in [4.78, 5) is 0. The SMILES string of the molecule is N#CCC1CCNc2c(Br)cccc21. The first-order valence-electron chi connectivity index (χ1n) is 4.72. The number of nitrogens with zero attached hydrogens (tertiary/aromatic N) is 1. The van der Waals surface area contributed by atoms with Gasteiger partial charge in [-0.1, -0.05) is 12.1 Å². The highest BCUT2D eigenvalue weighted by Gasteiger charge is 2.20. The van der Waals surface area contributed by atoms with E-state index in [2.05, 4.69) is 33.4 Å². The van der Waals surface area contributed by atoms with Crippen LogP contribution in [0.4, 0.5) is 5.69 Å². The van der Waals surface area contributed by atoms with Crippen LogP contribution in [0.1, 0.15) is 24.3 Å². The van der Waals surface area contributed by atoms with Gasteiger partial charge in [0.2, 0.25) is 0 Å². The number of rotatable bonds is 1. The molecule has 0 aromatic heterocycles. The van der Waals surface area contributed by atoms with Gasteiger partial charge < -0.3 is 5.32 Å². The Morgan fingerprint density at radius 1 is 1.57 bits per heavy atom. The smallest absolute Gasteiger partial charge is 0.0628 e. The highest BCUT2D eigenvalue weighted by atomic mass is 79.9. The summed E-state index contributed by atoms with van der Waals surface area (Å²) in [7, 11) is 0. The van der Waals surface area contributed by atoms with Gasteiger partial charge in [-0.25, -0.2) is 0 Å². The lowest BCUT2D eigenvalue weighted by Gasteiger charge is -2.25. The zero-order chi connectivity index (χ0) is 9.97. The fraction of sp³-hybridized carbons (Fsp3) is 0.364. The van der Waals surface area contributed by atoms with Crippen LogP contribution in [-0.2, 0) is 0 Å². The molecule has 0 amide bonds. The van der Waals surface area contributed by atoms with E-state index < -0.39 is 0 Å². The van der Waals surface area contributed by atoms with Crippen molar-refractivity contribution in [2.75, 3.05) is 11.9 Å². The van der Waals surface area contributed by atoms with Crippen molar-refractivity contribution >= 4 is 21.6 Å². The Morgan fingerprint density at radius 3 is 3.21 bits per heavy atom. The molecule has 2 rings (SSSR count). The first kappa shape index (κ1) is 9.54. The highest BCUT2D eigenvalue weighted by Crippen LogP contribution is 2.37. The zero-order valence-corrected chi connectivity index (χ0v) is 9.34. The second-order valence-corrected chi connectivity index (χ2v) is 4.33. The second kappa shape index (κ2) is 4.02. The Kier molecular flexibility index (Phi) is 2.74. The molecule has 0 fully saturated rings. The molecule has 0 radical (unpaired) electrons. The third-order valence-electron chi connectivity index (χ3n) is 2.62. The van der Waals surface area contributed by atoms with Gasteiger partial charge in [0.1, 0.15) is 0 Å². The Hall–Kier alpha value is -1.01. The standard InChI is InChI=1S/C11H11BrN2/c12-10-3-1-2-9-8(4-6-13)5-7-14-11(9)10/h1-3,8,14H,4-5,7H2. The normalized spacial score (nSPS) is 19.3. The van der Waals surface area contributed by atoms with E-state index in [0.29, 0.717) is 12.3 Å². The summed E-state index contributed by atoms with van der Waals surface area (Å²) >= 11 is 3.52. The fourth-order valence-electron chi connectivity index (χ4n) is 1.92. The zero-order valence-electron chi connectivity index (χ0n) is 7.76. The molecule has 1 aliphatic heterocycles. The van der Waals surface area contributed by atoms with Crippen LogP contribution in [0.15, 0.2) is 22.7 Å². The third-order valence-corrected chi connectivity index (χ3v) is 3.28. The maximum atomic E-state index is 8.73. The molecular weight excluding hydrogens is 240 g/mol. The predicted octanol–water partition coefficient (Wildman–Crippen LogP) is 3.26. The molecular formula is C11H11BrN2. The van der Waals surface area contributed by atoms with Crippen LogP contribution < -0.4 is 5.32 Å². The van der Waals surface area contributed by atoms with Gasteiger partial charge in [0.25, 0.3) is 0 Å².